The van der Waals surface area contributed by atoms with Crippen molar-refractivity contribution in [2.45, 2.75) is 0 Å². The fourth-order valence-corrected chi connectivity index (χ4v) is 7.43. The van der Waals surface area contributed by atoms with E-state index in [0.29, 0.717) is 17.5 Å². The highest BCUT2D eigenvalue weighted by molar-refractivity contribution is 6.15. The molecule has 0 unspecified atom stereocenters. The van der Waals surface area contributed by atoms with Crippen LogP contribution in [0, 0.1) is 0 Å². The largest absolute Gasteiger partial charge is 0.455 e. The Morgan fingerprint density at radius 1 is 0.283 bits per heavy atom. The zero-order valence-electron chi connectivity index (χ0n) is 28.6. The number of fused-ring (bicyclic) bond motifs is 4. The Labute approximate surface area is 306 Å². The minimum Gasteiger partial charge on any atom is -0.455 e. The molecule has 0 bridgehead atoms. The van der Waals surface area contributed by atoms with Crippen molar-refractivity contribution in [2.75, 3.05) is 0 Å². The van der Waals surface area contributed by atoms with Crippen LogP contribution in [0.5, 0.6) is 0 Å². The first kappa shape index (κ1) is 30.6. The summed E-state index contributed by atoms with van der Waals surface area (Å²) in [6.45, 7) is 0. The van der Waals surface area contributed by atoms with E-state index >= 15 is 0 Å². The van der Waals surface area contributed by atoms with E-state index in [4.69, 9.17) is 19.4 Å². The van der Waals surface area contributed by atoms with Gasteiger partial charge in [-0.2, -0.15) is 0 Å². The van der Waals surface area contributed by atoms with E-state index in [0.717, 1.165) is 60.5 Å². The number of benzene rings is 8. The van der Waals surface area contributed by atoms with Gasteiger partial charge in [0, 0.05) is 33.0 Å². The molecule has 4 nitrogen and oxygen atoms in total. The van der Waals surface area contributed by atoms with Crippen molar-refractivity contribution in [1.82, 2.24) is 15.0 Å². The summed E-state index contributed by atoms with van der Waals surface area (Å²) in [5.74, 6) is 1.83. The molecule has 0 aliphatic carbocycles. The van der Waals surface area contributed by atoms with Crippen LogP contribution in [0.2, 0.25) is 0 Å². The first-order chi connectivity index (χ1) is 26.3. The Morgan fingerprint density at radius 2 is 0.755 bits per heavy atom. The first-order valence-corrected chi connectivity index (χ1v) is 17.8. The summed E-state index contributed by atoms with van der Waals surface area (Å²) in [7, 11) is 0. The molecule has 8 aromatic carbocycles. The molecule has 0 fully saturated rings. The monoisotopic (exact) mass is 677 g/mol. The second-order valence-corrected chi connectivity index (χ2v) is 13.2. The number of para-hydroxylation sites is 1. The summed E-state index contributed by atoms with van der Waals surface area (Å²) >= 11 is 0. The van der Waals surface area contributed by atoms with Gasteiger partial charge in [0.2, 0.25) is 0 Å². The van der Waals surface area contributed by atoms with E-state index in [1.54, 1.807) is 0 Å². The van der Waals surface area contributed by atoms with Gasteiger partial charge in [-0.05, 0) is 50.7 Å². The van der Waals surface area contributed by atoms with Crippen LogP contribution >= 0.6 is 0 Å². The lowest BCUT2D eigenvalue weighted by Crippen LogP contribution is -2.01. The first-order valence-electron chi connectivity index (χ1n) is 17.8. The topological polar surface area (TPSA) is 51.8 Å². The maximum atomic E-state index is 6.69. The third-order valence-corrected chi connectivity index (χ3v) is 9.98. The van der Waals surface area contributed by atoms with Crippen LogP contribution in [0.3, 0.4) is 0 Å². The summed E-state index contributed by atoms with van der Waals surface area (Å²) in [4.78, 5) is 15.5. The van der Waals surface area contributed by atoms with E-state index in [-0.39, 0.29) is 0 Å². The Hall–Kier alpha value is -7.17. The summed E-state index contributed by atoms with van der Waals surface area (Å²) in [5, 5.41) is 4.22. The summed E-state index contributed by atoms with van der Waals surface area (Å²) in [5.41, 5.74) is 11.2. The predicted octanol–water partition coefficient (Wildman–Crippen LogP) is 12.9. The number of nitrogens with zero attached hydrogens (tertiary/aromatic N) is 3. The van der Waals surface area contributed by atoms with E-state index in [2.05, 4.69) is 133 Å². The van der Waals surface area contributed by atoms with E-state index < -0.39 is 0 Å². The second kappa shape index (κ2) is 12.9. The van der Waals surface area contributed by atoms with Gasteiger partial charge in [-0.3, -0.25) is 0 Å². The summed E-state index contributed by atoms with van der Waals surface area (Å²) in [6.07, 6.45) is 0. The molecule has 0 amide bonds. The van der Waals surface area contributed by atoms with Crippen LogP contribution in [0.25, 0.3) is 100 Å². The van der Waals surface area contributed by atoms with Gasteiger partial charge in [-0.25, -0.2) is 15.0 Å². The van der Waals surface area contributed by atoms with Crippen molar-refractivity contribution in [3.8, 4) is 67.5 Å². The van der Waals surface area contributed by atoms with Gasteiger partial charge >= 0.3 is 0 Å². The highest BCUT2D eigenvalue weighted by Crippen LogP contribution is 2.41. The van der Waals surface area contributed by atoms with Crippen molar-refractivity contribution in [1.29, 1.82) is 0 Å². The van der Waals surface area contributed by atoms with Gasteiger partial charge < -0.3 is 4.42 Å². The van der Waals surface area contributed by atoms with Crippen LogP contribution in [0.1, 0.15) is 0 Å². The van der Waals surface area contributed by atoms with Crippen molar-refractivity contribution in [3.05, 3.63) is 188 Å². The molecule has 0 aliphatic rings. The van der Waals surface area contributed by atoms with Crippen molar-refractivity contribution >= 4 is 32.7 Å². The molecule has 53 heavy (non-hydrogen) atoms. The molecule has 0 atom stereocenters. The fourth-order valence-electron chi connectivity index (χ4n) is 7.43. The van der Waals surface area contributed by atoms with Gasteiger partial charge in [0.15, 0.2) is 17.5 Å². The predicted molar refractivity (Wildman–Crippen MR) is 217 cm³/mol. The smallest absolute Gasteiger partial charge is 0.164 e. The lowest BCUT2D eigenvalue weighted by Gasteiger charge is -2.13. The molecule has 0 N–H and O–H groups in total. The standard InChI is InChI=1S/C49H31N3O/c1-4-14-32(15-5-1)33-26-28-35(29-27-33)38-22-12-23-42-45-43(24-13-25-44(45)53-46(38)42)49-51-47(36-18-8-3-9-19-36)50-48(52-49)41-31-30-37(34-16-6-2-7-17-34)39-20-10-11-21-40(39)41/h1-31H. The average molecular weight is 678 g/mol. The minimum atomic E-state index is 0.594. The zero-order valence-corrected chi connectivity index (χ0v) is 28.6. The molecule has 2 aromatic heterocycles. The number of furan rings is 1. The molecule has 2 heterocycles. The Balaban J connectivity index is 1.16. The third-order valence-electron chi connectivity index (χ3n) is 9.98. The van der Waals surface area contributed by atoms with Gasteiger partial charge in [-0.15, -0.1) is 0 Å². The number of rotatable bonds is 6. The third kappa shape index (κ3) is 5.45. The van der Waals surface area contributed by atoms with Gasteiger partial charge in [0.1, 0.15) is 11.2 Å². The fraction of sp³-hybridized carbons (Fsp3) is 0. The van der Waals surface area contributed by atoms with Gasteiger partial charge in [0.25, 0.3) is 0 Å². The summed E-state index contributed by atoms with van der Waals surface area (Å²) < 4.78 is 6.69. The maximum absolute atomic E-state index is 6.69. The SMILES string of the molecule is c1ccc(-c2ccc(-c3cccc4c3oc3cccc(-c5nc(-c6ccccc6)nc(-c6ccc(-c7ccccc7)c7ccccc67)n5)c34)cc2)cc1. The lowest BCUT2D eigenvalue weighted by molar-refractivity contribution is 0.670. The molecule has 0 radical (unpaired) electrons. The lowest BCUT2D eigenvalue weighted by atomic mass is 9.94. The normalized spacial score (nSPS) is 11.4. The average Bonchev–Trinajstić information content (AvgIpc) is 3.63. The van der Waals surface area contributed by atoms with Crippen LogP contribution in [0.4, 0.5) is 0 Å². The van der Waals surface area contributed by atoms with E-state index in [1.807, 2.05) is 54.6 Å². The van der Waals surface area contributed by atoms with Gasteiger partial charge in [0.05, 0.1) is 0 Å². The molecular weight excluding hydrogens is 647 g/mol. The Bertz CT molecular complexity index is 2920. The highest BCUT2D eigenvalue weighted by atomic mass is 16.3. The van der Waals surface area contributed by atoms with E-state index in [1.165, 1.54) is 22.3 Å². The molecule has 248 valence electrons. The summed E-state index contributed by atoms with van der Waals surface area (Å²) in [6, 6.07) is 65.0. The maximum Gasteiger partial charge on any atom is 0.164 e. The number of aromatic nitrogens is 3. The van der Waals surface area contributed by atoms with Crippen LogP contribution in [-0.2, 0) is 0 Å². The Morgan fingerprint density at radius 3 is 1.47 bits per heavy atom. The Kier molecular flexibility index (Phi) is 7.43. The molecule has 0 aliphatic heterocycles. The molecule has 0 spiro atoms. The molecule has 4 heteroatoms. The zero-order chi connectivity index (χ0) is 35.1. The van der Waals surface area contributed by atoms with Crippen molar-refractivity contribution in [2.24, 2.45) is 0 Å². The quantitative estimate of drug-likeness (QED) is 0.176. The molecule has 0 saturated carbocycles. The van der Waals surface area contributed by atoms with Gasteiger partial charge in [-0.1, -0.05) is 176 Å². The van der Waals surface area contributed by atoms with Crippen LogP contribution < -0.4 is 0 Å². The van der Waals surface area contributed by atoms with Crippen molar-refractivity contribution < 1.29 is 4.42 Å². The second-order valence-electron chi connectivity index (χ2n) is 13.2. The molecule has 10 aromatic rings. The highest BCUT2D eigenvalue weighted by Gasteiger charge is 2.20. The van der Waals surface area contributed by atoms with Crippen LogP contribution in [-0.4, -0.2) is 15.0 Å². The molecular formula is C49H31N3O. The van der Waals surface area contributed by atoms with E-state index in [9.17, 15) is 0 Å². The molecule has 10 rings (SSSR count). The van der Waals surface area contributed by atoms with Crippen molar-refractivity contribution in [3.63, 3.8) is 0 Å². The number of hydrogen-bond acceptors (Lipinski definition) is 4. The minimum absolute atomic E-state index is 0.594. The van der Waals surface area contributed by atoms with Crippen LogP contribution in [0.15, 0.2) is 192 Å². The number of hydrogen-bond donors (Lipinski definition) is 0. The molecule has 0 saturated heterocycles.